The lowest BCUT2D eigenvalue weighted by Crippen LogP contribution is -2.47. The van der Waals surface area contributed by atoms with Crippen molar-refractivity contribution >= 4 is 5.96 Å². The molecule has 3 fully saturated rings. The summed E-state index contributed by atoms with van der Waals surface area (Å²) in [6.45, 7) is 0. The second-order valence-electron chi connectivity index (χ2n) is 4.85. The number of rotatable bonds is 2. The lowest BCUT2D eigenvalue weighted by molar-refractivity contribution is 0.0992. The molecule has 1 saturated carbocycles. The summed E-state index contributed by atoms with van der Waals surface area (Å²) in [6, 6.07) is 1.14. The van der Waals surface area contributed by atoms with Crippen molar-refractivity contribution in [2.24, 2.45) is 4.99 Å². The third-order valence-electron chi connectivity index (χ3n) is 3.57. The molecule has 2 bridgehead atoms. The van der Waals surface area contributed by atoms with E-state index in [0.29, 0.717) is 24.3 Å². The van der Waals surface area contributed by atoms with Gasteiger partial charge in [-0.05, 0) is 32.1 Å². The van der Waals surface area contributed by atoms with Crippen LogP contribution in [0.2, 0.25) is 0 Å². The van der Waals surface area contributed by atoms with Crippen LogP contribution in [0, 0.1) is 0 Å². The highest BCUT2D eigenvalue weighted by molar-refractivity contribution is 5.80. The highest BCUT2D eigenvalue weighted by Gasteiger charge is 2.41. The van der Waals surface area contributed by atoms with E-state index in [1.165, 1.54) is 25.7 Å². The number of guanidine groups is 1. The molecule has 2 N–H and O–H groups in total. The van der Waals surface area contributed by atoms with E-state index in [2.05, 4.69) is 15.6 Å². The van der Waals surface area contributed by atoms with E-state index >= 15 is 0 Å². The van der Waals surface area contributed by atoms with Crippen molar-refractivity contribution in [3.05, 3.63) is 0 Å². The maximum absolute atomic E-state index is 5.81. The van der Waals surface area contributed by atoms with Crippen LogP contribution in [0.3, 0.4) is 0 Å². The molecule has 4 nitrogen and oxygen atoms in total. The molecule has 2 heterocycles. The number of hydrogen-bond donors (Lipinski definition) is 2. The summed E-state index contributed by atoms with van der Waals surface area (Å²) in [5.41, 5.74) is 0. The second-order valence-corrected chi connectivity index (χ2v) is 4.85. The smallest absolute Gasteiger partial charge is 0.191 e. The fourth-order valence-electron chi connectivity index (χ4n) is 2.56. The van der Waals surface area contributed by atoms with Gasteiger partial charge < -0.3 is 15.4 Å². The summed E-state index contributed by atoms with van der Waals surface area (Å²) in [4.78, 5) is 4.25. The molecule has 0 radical (unpaired) electrons. The van der Waals surface area contributed by atoms with Crippen molar-refractivity contribution in [1.29, 1.82) is 0 Å². The van der Waals surface area contributed by atoms with Crippen molar-refractivity contribution in [3.8, 4) is 0 Å². The quantitative estimate of drug-likeness (QED) is 0.518. The molecule has 84 valence electrons. The zero-order chi connectivity index (χ0) is 10.3. The predicted octanol–water partition coefficient (Wildman–Crippen LogP) is 0.634. The van der Waals surface area contributed by atoms with Gasteiger partial charge in [0.1, 0.15) is 0 Å². The molecular weight excluding hydrogens is 190 g/mol. The van der Waals surface area contributed by atoms with E-state index in [0.717, 1.165) is 12.4 Å². The Bertz CT molecular complexity index is 275. The van der Waals surface area contributed by atoms with Crippen molar-refractivity contribution < 1.29 is 4.74 Å². The van der Waals surface area contributed by atoms with Gasteiger partial charge in [-0.2, -0.15) is 0 Å². The molecule has 3 rings (SSSR count). The molecule has 0 unspecified atom stereocenters. The summed E-state index contributed by atoms with van der Waals surface area (Å²) in [5, 5.41) is 6.89. The number of aliphatic imine (C=N–C) groups is 1. The molecule has 0 aromatic rings. The first-order chi connectivity index (χ1) is 7.35. The monoisotopic (exact) mass is 209 g/mol. The minimum absolute atomic E-state index is 0.424. The molecule has 3 atom stereocenters. The van der Waals surface area contributed by atoms with E-state index in [-0.39, 0.29) is 0 Å². The lowest BCUT2D eigenvalue weighted by atomic mass is 9.96. The van der Waals surface area contributed by atoms with Gasteiger partial charge in [0.05, 0.1) is 18.2 Å². The van der Waals surface area contributed by atoms with Crippen LogP contribution in [0.5, 0.6) is 0 Å². The number of nitrogens with one attached hydrogen (secondary N) is 2. The van der Waals surface area contributed by atoms with Gasteiger partial charge in [-0.25, -0.2) is 0 Å². The van der Waals surface area contributed by atoms with Crippen LogP contribution in [-0.4, -0.2) is 37.3 Å². The van der Waals surface area contributed by atoms with Gasteiger partial charge in [0, 0.05) is 13.1 Å². The molecule has 0 amide bonds. The number of ether oxygens (including phenoxy) is 1. The van der Waals surface area contributed by atoms with Gasteiger partial charge in [0.25, 0.3) is 0 Å². The standard InChI is InChI=1S/C11H19N3O/c1-12-11(13-7-2-3-7)14-9-6-8-4-5-10(9)15-8/h7-10H,2-6H2,1H3,(H2,12,13,14)/t8-,9+,10-/m0/s1. The molecule has 2 saturated heterocycles. The van der Waals surface area contributed by atoms with Crippen LogP contribution >= 0.6 is 0 Å². The molecule has 1 aliphatic carbocycles. The summed E-state index contributed by atoms with van der Waals surface area (Å²) in [6.07, 6.45) is 7.11. The third kappa shape index (κ3) is 1.95. The Morgan fingerprint density at radius 2 is 2.07 bits per heavy atom. The van der Waals surface area contributed by atoms with E-state index in [9.17, 15) is 0 Å². The highest BCUT2D eigenvalue weighted by Crippen LogP contribution is 2.34. The topological polar surface area (TPSA) is 45.7 Å². The Kier molecular flexibility index (Phi) is 2.31. The van der Waals surface area contributed by atoms with Gasteiger partial charge >= 0.3 is 0 Å². The van der Waals surface area contributed by atoms with Crippen LogP contribution in [0.15, 0.2) is 4.99 Å². The van der Waals surface area contributed by atoms with Crippen LogP contribution in [0.1, 0.15) is 32.1 Å². The average molecular weight is 209 g/mol. The fourth-order valence-corrected chi connectivity index (χ4v) is 2.56. The number of hydrogen-bond acceptors (Lipinski definition) is 2. The van der Waals surface area contributed by atoms with Gasteiger partial charge in [-0.15, -0.1) is 0 Å². The van der Waals surface area contributed by atoms with Crippen LogP contribution in [0.25, 0.3) is 0 Å². The molecular formula is C11H19N3O. The maximum Gasteiger partial charge on any atom is 0.191 e. The van der Waals surface area contributed by atoms with Gasteiger partial charge in [0.15, 0.2) is 5.96 Å². The zero-order valence-corrected chi connectivity index (χ0v) is 9.20. The van der Waals surface area contributed by atoms with Crippen molar-refractivity contribution in [2.45, 2.75) is 56.4 Å². The Morgan fingerprint density at radius 1 is 1.20 bits per heavy atom. The summed E-state index contributed by atoms with van der Waals surface area (Å²) >= 11 is 0. The lowest BCUT2D eigenvalue weighted by Gasteiger charge is -2.22. The van der Waals surface area contributed by atoms with E-state index in [1.807, 2.05) is 7.05 Å². The molecule has 0 spiro atoms. The normalized spacial score (nSPS) is 39.5. The van der Waals surface area contributed by atoms with Crippen LogP contribution < -0.4 is 10.6 Å². The molecule has 3 aliphatic rings. The van der Waals surface area contributed by atoms with Gasteiger partial charge in [-0.3, -0.25) is 4.99 Å². The number of fused-ring (bicyclic) bond motifs is 2. The molecule has 0 aromatic carbocycles. The van der Waals surface area contributed by atoms with Crippen molar-refractivity contribution in [2.75, 3.05) is 7.05 Å². The largest absolute Gasteiger partial charge is 0.373 e. The average Bonchev–Trinajstić information content (AvgIpc) is 2.82. The van der Waals surface area contributed by atoms with E-state index in [1.54, 1.807) is 0 Å². The maximum atomic E-state index is 5.81. The first-order valence-electron chi connectivity index (χ1n) is 6.00. The van der Waals surface area contributed by atoms with Crippen molar-refractivity contribution in [3.63, 3.8) is 0 Å². The van der Waals surface area contributed by atoms with Gasteiger partial charge in [0.2, 0.25) is 0 Å². The Morgan fingerprint density at radius 3 is 2.60 bits per heavy atom. The summed E-state index contributed by atoms with van der Waals surface area (Å²) < 4.78 is 5.81. The Hall–Kier alpha value is -0.770. The molecule has 4 heteroatoms. The van der Waals surface area contributed by atoms with E-state index in [4.69, 9.17) is 4.74 Å². The van der Waals surface area contributed by atoms with Gasteiger partial charge in [-0.1, -0.05) is 0 Å². The SMILES string of the molecule is CN=C(NC1CC1)N[C@@H]1C[C@@H]2CC[C@@H]1O2. The van der Waals surface area contributed by atoms with Crippen LogP contribution in [0.4, 0.5) is 0 Å². The fraction of sp³-hybridized carbons (Fsp3) is 0.909. The zero-order valence-electron chi connectivity index (χ0n) is 9.20. The van der Waals surface area contributed by atoms with Crippen molar-refractivity contribution in [1.82, 2.24) is 10.6 Å². The highest BCUT2D eigenvalue weighted by atomic mass is 16.5. The first-order valence-corrected chi connectivity index (χ1v) is 6.00. The first kappa shape index (κ1) is 9.46. The number of nitrogens with zero attached hydrogens (tertiary/aromatic N) is 1. The minimum Gasteiger partial charge on any atom is -0.373 e. The molecule has 15 heavy (non-hydrogen) atoms. The minimum atomic E-state index is 0.424. The predicted molar refractivity (Wildman–Crippen MR) is 59.0 cm³/mol. The summed E-state index contributed by atoms with van der Waals surface area (Å²) in [7, 11) is 1.84. The molecule has 2 aliphatic heterocycles. The molecule has 0 aromatic heterocycles. The third-order valence-corrected chi connectivity index (χ3v) is 3.57. The summed E-state index contributed by atoms with van der Waals surface area (Å²) in [5.74, 6) is 0.957. The Balaban J connectivity index is 1.54. The Labute approximate surface area is 90.5 Å². The second kappa shape index (κ2) is 3.67. The van der Waals surface area contributed by atoms with E-state index < -0.39 is 0 Å². The van der Waals surface area contributed by atoms with Crippen LogP contribution in [-0.2, 0) is 4.74 Å².